The Labute approximate surface area is 218 Å². The van der Waals surface area contributed by atoms with Gasteiger partial charge in [-0.25, -0.2) is 9.78 Å². The number of carbonyl (C=O) groups is 1. The molecule has 0 spiro atoms. The summed E-state index contributed by atoms with van der Waals surface area (Å²) in [5.74, 6) is 1.71. The predicted molar refractivity (Wildman–Crippen MR) is 147 cm³/mol. The zero-order valence-electron chi connectivity index (χ0n) is 22.0. The van der Waals surface area contributed by atoms with Crippen LogP contribution in [0.1, 0.15) is 26.7 Å². The highest BCUT2D eigenvalue weighted by Crippen LogP contribution is 2.34. The number of amides is 2. The van der Waals surface area contributed by atoms with Crippen LogP contribution in [0.4, 0.5) is 16.2 Å². The molecule has 3 heterocycles. The number of hydrogen-bond acceptors (Lipinski definition) is 6. The van der Waals surface area contributed by atoms with Crippen LogP contribution in [-0.4, -0.2) is 79.5 Å². The number of nitrogens with one attached hydrogen (secondary N) is 1. The van der Waals surface area contributed by atoms with Gasteiger partial charge in [0.25, 0.3) is 0 Å². The number of nitrogens with zero attached hydrogens (tertiary/aromatic N) is 5. The van der Waals surface area contributed by atoms with Crippen LogP contribution in [0.25, 0.3) is 11.0 Å². The lowest BCUT2D eigenvalue weighted by molar-refractivity contribution is 0.171. The maximum Gasteiger partial charge on any atom is 0.321 e. The molecule has 37 heavy (non-hydrogen) atoms. The van der Waals surface area contributed by atoms with Crippen molar-refractivity contribution in [3.8, 4) is 11.5 Å². The first-order chi connectivity index (χ1) is 18.2. The van der Waals surface area contributed by atoms with Gasteiger partial charge in [-0.3, -0.25) is 9.80 Å². The van der Waals surface area contributed by atoms with Gasteiger partial charge in [0.15, 0.2) is 11.5 Å². The number of rotatable bonds is 9. The predicted octanol–water partition coefficient (Wildman–Crippen LogP) is 3.97. The van der Waals surface area contributed by atoms with Crippen molar-refractivity contribution >= 4 is 28.4 Å². The molecule has 1 aromatic heterocycles. The molecule has 0 bridgehead atoms. The number of piperazine rings is 1. The number of hydrogen-bond donors (Lipinski definition) is 1. The highest BCUT2D eigenvalue weighted by atomic mass is 16.6. The number of unbranched alkanes of at least 4 members (excludes halogenated alkanes) is 1. The van der Waals surface area contributed by atoms with Gasteiger partial charge in [0.2, 0.25) is 0 Å². The molecule has 1 N–H and O–H groups in total. The molecule has 3 aromatic rings. The summed E-state index contributed by atoms with van der Waals surface area (Å²) in [5.41, 5.74) is 4.13. The van der Waals surface area contributed by atoms with Crippen LogP contribution >= 0.6 is 0 Å². The lowest BCUT2D eigenvalue weighted by atomic mass is 10.2. The molecule has 2 aliphatic heterocycles. The molecule has 0 aliphatic carbocycles. The van der Waals surface area contributed by atoms with Crippen molar-refractivity contribution in [3.63, 3.8) is 0 Å². The Hall–Kier alpha value is -3.46. The Morgan fingerprint density at radius 1 is 0.973 bits per heavy atom. The van der Waals surface area contributed by atoms with E-state index in [0.29, 0.717) is 26.3 Å². The molecule has 5 rings (SSSR count). The number of anilines is 2. The van der Waals surface area contributed by atoms with Crippen molar-refractivity contribution in [2.24, 2.45) is 0 Å². The summed E-state index contributed by atoms with van der Waals surface area (Å²) in [4.78, 5) is 23.7. The fourth-order valence-corrected chi connectivity index (χ4v) is 5.16. The zero-order valence-corrected chi connectivity index (χ0v) is 22.0. The molecule has 2 aliphatic rings. The first-order valence-corrected chi connectivity index (χ1v) is 13.5. The highest BCUT2D eigenvalue weighted by molar-refractivity contribution is 5.94. The van der Waals surface area contributed by atoms with E-state index in [-0.39, 0.29) is 6.03 Å². The number of imidazole rings is 1. The number of urea groups is 1. The summed E-state index contributed by atoms with van der Waals surface area (Å²) in [6.07, 6.45) is 4.18. The average molecular weight is 507 g/mol. The van der Waals surface area contributed by atoms with Crippen LogP contribution in [0.2, 0.25) is 0 Å². The van der Waals surface area contributed by atoms with E-state index in [1.54, 1.807) is 4.90 Å². The third-order valence-electron chi connectivity index (χ3n) is 7.19. The van der Waals surface area contributed by atoms with E-state index in [1.807, 2.05) is 38.4 Å². The van der Waals surface area contributed by atoms with Gasteiger partial charge in [-0.2, -0.15) is 0 Å². The molecular weight excluding hydrogens is 468 g/mol. The van der Waals surface area contributed by atoms with E-state index in [1.165, 1.54) is 5.69 Å². The normalized spacial score (nSPS) is 15.7. The van der Waals surface area contributed by atoms with Gasteiger partial charge in [-0.15, -0.1) is 0 Å². The zero-order chi connectivity index (χ0) is 25.6. The van der Waals surface area contributed by atoms with Crippen LogP contribution < -0.4 is 24.6 Å². The molecule has 9 nitrogen and oxygen atoms in total. The fraction of sp³-hybridized carbons (Fsp3) is 0.500. The first-order valence-electron chi connectivity index (χ1n) is 13.5. The van der Waals surface area contributed by atoms with Crippen molar-refractivity contribution in [1.29, 1.82) is 0 Å². The van der Waals surface area contributed by atoms with Crippen LogP contribution in [0.5, 0.6) is 11.5 Å². The number of aryl methyl sites for hydroxylation is 1. The minimum absolute atomic E-state index is 0.0732. The van der Waals surface area contributed by atoms with Crippen molar-refractivity contribution in [1.82, 2.24) is 19.8 Å². The maximum absolute atomic E-state index is 12.3. The molecule has 0 saturated carbocycles. The topological polar surface area (TPSA) is 75.1 Å². The molecular formula is C28H38N6O3. The van der Waals surface area contributed by atoms with Gasteiger partial charge in [0.05, 0.1) is 17.4 Å². The minimum Gasteiger partial charge on any atom is -0.486 e. The van der Waals surface area contributed by atoms with Gasteiger partial charge in [0.1, 0.15) is 13.2 Å². The van der Waals surface area contributed by atoms with Crippen molar-refractivity contribution in [2.75, 3.05) is 68.8 Å². The summed E-state index contributed by atoms with van der Waals surface area (Å²) in [5, 5.41) is 2.88. The fourth-order valence-electron chi connectivity index (χ4n) is 5.16. The summed E-state index contributed by atoms with van der Waals surface area (Å²) in [6.45, 7) is 12.6. The molecule has 2 amide bonds. The molecule has 1 fully saturated rings. The number of benzene rings is 2. The van der Waals surface area contributed by atoms with Crippen LogP contribution in [-0.2, 0) is 6.54 Å². The van der Waals surface area contributed by atoms with Crippen molar-refractivity contribution in [3.05, 3.63) is 42.7 Å². The van der Waals surface area contributed by atoms with Gasteiger partial charge in [-0.05, 0) is 63.6 Å². The SMILES string of the molecule is CCNC(=O)N(CC)c1ccc2c(c1)ncn2CCCCN1CCN(c2ccc3c(c2)OCCO3)CC1. The quantitative estimate of drug-likeness (QED) is 0.443. The van der Waals surface area contributed by atoms with E-state index in [0.717, 1.165) is 80.3 Å². The third-order valence-corrected chi connectivity index (χ3v) is 7.19. The first kappa shape index (κ1) is 25.2. The Morgan fingerprint density at radius 2 is 1.76 bits per heavy atom. The van der Waals surface area contributed by atoms with Crippen LogP contribution in [0, 0.1) is 0 Å². The second-order valence-corrected chi connectivity index (χ2v) is 9.55. The van der Waals surface area contributed by atoms with Gasteiger partial charge >= 0.3 is 6.03 Å². The third kappa shape index (κ3) is 5.77. The van der Waals surface area contributed by atoms with E-state index in [9.17, 15) is 4.79 Å². The van der Waals surface area contributed by atoms with E-state index < -0.39 is 0 Å². The minimum atomic E-state index is -0.0732. The monoisotopic (exact) mass is 506 g/mol. The van der Waals surface area contributed by atoms with Gasteiger partial charge in [0, 0.05) is 63.3 Å². The molecule has 0 atom stereocenters. The summed E-state index contributed by atoms with van der Waals surface area (Å²) >= 11 is 0. The second kappa shape index (κ2) is 11.7. The Kier molecular flexibility index (Phi) is 7.99. The van der Waals surface area contributed by atoms with Crippen LogP contribution in [0.15, 0.2) is 42.7 Å². The number of carbonyl (C=O) groups excluding carboxylic acids is 1. The van der Waals surface area contributed by atoms with Gasteiger partial charge in [-0.1, -0.05) is 0 Å². The van der Waals surface area contributed by atoms with E-state index in [4.69, 9.17) is 9.47 Å². The summed E-state index contributed by atoms with van der Waals surface area (Å²) in [6, 6.07) is 12.3. The van der Waals surface area contributed by atoms with E-state index >= 15 is 0 Å². The molecule has 0 radical (unpaired) electrons. The number of aromatic nitrogens is 2. The summed E-state index contributed by atoms with van der Waals surface area (Å²) < 4.78 is 13.6. The molecule has 9 heteroatoms. The van der Waals surface area contributed by atoms with Crippen LogP contribution in [0.3, 0.4) is 0 Å². The highest BCUT2D eigenvalue weighted by Gasteiger charge is 2.20. The molecule has 1 saturated heterocycles. The average Bonchev–Trinajstić information content (AvgIpc) is 3.34. The van der Waals surface area contributed by atoms with Crippen molar-refractivity contribution in [2.45, 2.75) is 33.2 Å². The number of fused-ring (bicyclic) bond motifs is 2. The Morgan fingerprint density at radius 3 is 2.54 bits per heavy atom. The molecule has 0 unspecified atom stereocenters. The largest absolute Gasteiger partial charge is 0.486 e. The summed E-state index contributed by atoms with van der Waals surface area (Å²) in [7, 11) is 0. The standard InChI is InChI=1S/C28H38N6O3/c1-3-29-28(35)34(4-2)23-7-9-25-24(19-23)30-21-33(25)12-6-5-11-31-13-15-32(16-14-31)22-8-10-26-27(20-22)37-18-17-36-26/h7-10,19-21H,3-6,11-18H2,1-2H3,(H,29,35). The molecule has 198 valence electrons. The maximum atomic E-state index is 12.3. The Balaban J connectivity index is 1.08. The smallest absolute Gasteiger partial charge is 0.321 e. The molecule has 2 aromatic carbocycles. The number of ether oxygens (including phenoxy) is 2. The van der Waals surface area contributed by atoms with Gasteiger partial charge < -0.3 is 24.3 Å². The van der Waals surface area contributed by atoms with E-state index in [2.05, 4.69) is 42.9 Å². The Bertz CT molecular complexity index is 1200. The van der Waals surface area contributed by atoms with Crippen molar-refractivity contribution < 1.29 is 14.3 Å². The lowest BCUT2D eigenvalue weighted by Crippen LogP contribution is -2.46. The lowest BCUT2D eigenvalue weighted by Gasteiger charge is -2.36. The second-order valence-electron chi connectivity index (χ2n) is 9.55.